The highest BCUT2D eigenvalue weighted by molar-refractivity contribution is 8.18. The van der Waals surface area contributed by atoms with Crippen LogP contribution in [0.3, 0.4) is 0 Å². The molecule has 2 saturated heterocycles. The predicted molar refractivity (Wildman–Crippen MR) is 120 cm³/mol. The molecule has 11 heteroatoms. The number of imide groups is 1. The van der Waals surface area contributed by atoms with Crippen molar-refractivity contribution in [1.29, 1.82) is 0 Å². The number of likely N-dealkylation sites (tertiary alicyclic amines) is 1. The van der Waals surface area contributed by atoms with Gasteiger partial charge >= 0.3 is 6.09 Å². The van der Waals surface area contributed by atoms with E-state index in [2.05, 4.69) is 15.3 Å². The Morgan fingerprint density at radius 2 is 2.12 bits per heavy atom. The molecule has 2 aromatic rings. The third-order valence-corrected chi connectivity index (χ3v) is 6.12. The van der Waals surface area contributed by atoms with Crippen molar-refractivity contribution in [3.63, 3.8) is 0 Å². The molecule has 0 saturated carbocycles. The summed E-state index contributed by atoms with van der Waals surface area (Å²) in [6, 6.07) is 8.50. The fourth-order valence-electron chi connectivity index (χ4n) is 3.73. The number of hydrogen-bond acceptors (Lipinski definition) is 8. The fourth-order valence-corrected chi connectivity index (χ4v) is 4.42. The summed E-state index contributed by atoms with van der Waals surface area (Å²) in [5, 5.41) is 11.1. The first-order valence-electron chi connectivity index (χ1n) is 10.4. The van der Waals surface area contributed by atoms with E-state index in [0.717, 1.165) is 11.8 Å². The molecular formula is C22H22N4O6S. The highest BCUT2D eigenvalue weighted by Crippen LogP contribution is 2.29. The molecule has 2 aliphatic rings. The Morgan fingerprint density at radius 3 is 2.85 bits per heavy atom. The molecule has 4 rings (SSSR count). The van der Waals surface area contributed by atoms with Gasteiger partial charge in [-0.3, -0.25) is 14.9 Å². The van der Waals surface area contributed by atoms with Crippen molar-refractivity contribution in [2.45, 2.75) is 38.3 Å². The zero-order valence-corrected chi connectivity index (χ0v) is 18.6. The Balaban J connectivity index is 1.42. The van der Waals surface area contributed by atoms with E-state index in [1.807, 2.05) is 6.92 Å². The van der Waals surface area contributed by atoms with Gasteiger partial charge in [0.1, 0.15) is 18.2 Å². The lowest BCUT2D eigenvalue weighted by molar-refractivity contribution is -0.115. The average Bonchev–Trinajstić information content (AvgIpc) is 3.10. The molecule has 2 unspecified atom stereocenters. The summed E-state index contributed by atoms with van der Waals surface area (Å²) in [5.74, 6) is 0.695. The van der Waals surface area contributed by atoms with Gasteiger partial charge in [-0.25, -0.2) is 14.8 Å². The molecule has 2 atom stereocenters. The summed E-state index contributed by atoms with van der Waals surface area (Å²) in [6.07, 6.45) is 3.77. The van der Waals surface area contributed by atoms with Gasteiger partial charge in [-0.2, -0.15) is 0 Å². The molecule has 172 valence electrons. The van der Waals surface area contributed by atoms with E-state index >= 15 is 0 Å². The maximum absolute atomic E-state index is 11.7. The molecule has 2 fully saturated rings. The quantitative estimate of drug-likeness (QED) is 0.604. The molecule has 0 aliphatic carbocycles. The van der Waals surface area contributed by atoms with Crippen molar-refractivity contribution in [3.8, 4) is 17.5 Å². The van der Waals surface area contributed by atoms with E-state index in [4.69, 9.17) is 9.47 Å². The third-order valence-electron chi connectivity index (χ3n) is 5.31. The maximum atomic E-state index is 11.7. The van der Waals surface area contributed by atoms with Gasteiger partial charge in [0.15, 0.2) is 0 Å². The molecule has 33 heavy (non-hydrogen) atoms. The lowest BCUT2D eigenvalue weighted by atomic mass is 9.98. The summed E-state index contributed by atoms with van der Waals surface area (Å²) < 4.78 is 11.8. The van der Waals surface area contributed by atoms with Crippen LogP contribution in [-0.4, -0.2) is 55.9 Å². The number of amides is 3. The van der Waals surface area contributed by atoms with Crippen LogP contribution in [0.15, 0.2) is 41.6 Å². The molecular weight excluding hydrogens is 448 g/mol. The van der Waals surface area contributed by atoms with Crippen molar-refractivity contribution in [1.82, 2.24) is 20.2 Å². The van der Waals surface area contributed by atoms with Crippen LogP contribution < -0.4 is 14.8 Å². The average molecular weight is 471 g/mol. The first kappa shape index (κ1) is 22.6. The SMILES string of the molecule is CCC1CC(Oc2cc(Oc3cccc(C=C4SC(=O)NC4=O)c3)ncn2)CCN1C(=O)O. The van der Waals surface area contributed by atoms with Gasteiger partial charge in [-0.1, -0.05) is 19.1 Å². The zero-order valence-electron chi connectivity index (χ0n) is 17.8. The van der Waals surface area contributed by atoms with Gasteiger partial charge in [0.25, 0.3) is 11.1 Å². The number of nitrogens with one attached hydrogen (secondary N) is 1. The van der Waals surface area contributed by atoms with Crippen LogP contribution in [0.5, 0.6) is 17.5 Å². The Labute approximate surface area is 194 Å². The Morgan fingerprint density at radius 1 is 1.30 bits per heavy atom. The maximum Gasteiger partial charge on any atom is 0.407 e. The first-order chi connectivity index (χ1) is 15.9. The van der Waals surface area contributed by atoms with Crippen LogP contribution >= 0.6 is 11.8 Å². The van der Waals surface area contributed by atoms with Crippen molar-refractivity contribution < 1.29 is 29.0 Å². The molecule has 1 aromatic carbocycles. The smallest absolute Gasteiger partial charge is 0.407 e. The second kappa shape index (κ2) is 9.90. The lowest BCUT2D eigenvalue weighted by Crippen LogP contribution is -2.48. The van der Waals surface area contributed by atoms with Crippen molar-refractivity contribution in [3.05, 3.63) is 47.1 Å². The van der Waals surface area contributed by atoms with E-state index in [-0.39, 0.29) is 18.0 Å². The van der Waals surface area contributed by atoms with E-state index in [9.17, 15) is 19.5 Å². The summed E-state index contributed by atoms with van der Waals surface area (Å²) in [7, 11) is 0. The molecule has 2 aliphatic heterocycles. The predicted octanol–water partition coefficient (Wildman–Crippen LogP) is 3.89. The minimum absolute atomic E-state index is 0.0916. The van der Waals surface area contributed by atoms with Crippen LogP contribution in [-0.2, 0) is 4.79 Å². The Bertz CT molecular complexity index is 1110. The molecule has 0 spiro atoms. The van der Waals surface area contributed by atoms with E-state index in [1.165, 1.54) is 11.2 Å². The van der Waals surface area contributed by atoms with Crippen molar-refractivity contribution >= 4 is 35.1 Å². The largest absolute Gasteiger partial charge is 0.474 e. The van der Waals surface area contributed by atoms with Gasteiger partial charge in [0, 0.05) is 25.4 Å². The molecule has 1 aromatic heterocycles. The van der Waals surface area contributed by atoms with Crippen molar-refractivity contribution in [2.24, 2.45) is 0 Å². The topological polar surface area (TPSA) is 131 Å². The van der Waals surface area contributed by atoms with Crippen LogP contribution in [0, 0.1) is 0 Å². The Hall–Kier alpha value is -3.60. The number of nitrogens with zero attached hydrogens (tertiary/aromatic N) is 3. The van der Waals surface area contributed by atoms with E-state index in [0.29, 0.717) is 47.9 Å². The number of thioether (sulfide) groups is 1. The highest BCUT2D eigenvalue weighted by Gasteiger charge is 2.31. The van der Waals surface area contributed by atoms with Gasteiger partial charge in [0.2, 0.25) is 11.8 Å². The minimum Gasteiger partial charge on any atom is -0.474 e. The number of carbonyl (C=O) groups excluding carboxylic acids is 2. The second-order valence-corrected chi connectivity index (χ2v) is 8.54. The fraction of sp³-hybridized carbons (Fsp3) is 0.318. The van der Waals surface area contributed by atoms with Crippen molar-refractivity contribution in [2.75, 3.05) is 6.54 Å². The van der Waals surface area contributed by atoms with Crippen LogP contribution in [0.25, 0.3) is 6.08 Å². The number of rotatable bonds is 6. The standard InChI is InChI=1S/C22H22N4O6S/c1-2-14-10-16(6-7-26(14)22(29)30)32-19-11-18(23-12-24-19)31-15-5-3-4-13(8-15)9-17-20(27)25-21(28)33-17/h3-5,8-9,11-12,14,16H,2,6-7,10H2,1H3,(H,29,30)(H,25,27,28). The van der Waals surface area contributed by atoms with Crippen LogP contribution in [0.4, 0.5) is 9.59 Å². The highest BCUT2D eigenvalue weighted by atomic mass is 32.2. The lowest BCUT2D eigenvalue weighted by Gasteiger charge is -2.37. The number of carbonyl (C=O) groups is 3. The van der Waals surface area contributed by atoms with Crippen LogP contribution in [0.1, 0.15) is 31.7 Å². The number of hydrogen-bond donors (Lipinski definition) is 2. The molecule has 0 radical (unpaired) electrons. The summed E-state index contributed by atoms with van der Waals surface area (Å²) in [5.41, 5.74) is 0.696. The minimum atomic E-state index is -0.908. The van der Waals surface area contributed by atoms with E-state index < -0.39 is 17.2 Å². The summed E-state index contributed by atoms with van der Waals surface area (Å²) in [4.78, 5) is 44.5. The van der Waals surface area contributed by atoms with E-state index in [1.54, 1.807) is 36.4 Å². The molecule has 3 heterocycles. The van der Waals surface area contributed by atoms with Gasteiger partial charge in [-0.05, 0) is 42.0 Å². The number of aromatic nitrogens is 2. The first-order valence-corrected chi connectivity index (χ1v) is 11.2. The van der Waals surface area contributed by atoms with Gasteiger partial charge in [-0.15, -0.1) is 0 Å². The number of carboxylic acid groups (broad SMARTS) is 1. The number of ether oxygens (including phenoxy) is 2. The zero-order chi connectivity index (χ0) is 23.4. The van der Waals surface area contributed by atoms with Crippen LogP contribution in [0.2, 0.25) is 0 Å². The molecule has 10 nitrogen and oxygen atoms in total. The molecule has 0 bridgehead atoms. The second-order valence-electron chi connectivity index (χ2n) is 7.52. The van der Waals surface area contributed by atoms with Gasteiger partial charge in [0.05, 0.1) is 11.0 Å². The third kappa shape index (κ3) is 5.61. The molecule has 3 amide bonds. The summed E-state index contributed by atoms with van der Waals surface area (Å²) in [6.45, 7) is 2.37. The number of piperidine rings is 1. The van der Waals surface area contributed by atoms with Gasteiger partial charge < -0.3 is 19.5 Å². The Kier molecular flexibility index (Phi) is 6.78. The molecule has 2 N–H and O–H groups in total. The summed E-state index contributed by atoms with van der Waals surface area (Å²) >= 11 is 0.848. The monoisotopic (exact) mass is 470 g/mol. The normalized spacial score (nSPS) is 21.7. The number of benzene rings is 1.